The second kappa shape index (κ2) is 7.87. The fraction of sp³-hybridized carbons (Fsp3) is 0.929. The van der Waals surface area contributed by atoms with E-state index in [0.717, 1.165) is 38.3 Å². The lowest BCUT2D eigenvalue weighted by atomic mass is 9.90. The smallest absolute Gasteiger partial charge is 0.224 e. The molecule has 1 N–H and O–H groups in total. The monoisotopic (exact) mass is 320 g/mol. The SMILES string of the molecule is Cl.O=C(CC1CSCCN1)N1CCOC2CCCCC21. The van der Waals surface area contributed by atoms with Crippen molar-refractivity contribution in [1.29, 1.82) is 0 Å². The second-order valence-corrected chi connectivity index (χ2v) is 6.93. The van der Waals surface area contributed by atoms with Crippen molar-refractivity contribution in [2.24, 2.45) is 0 Å². The van der Waals surface area contributed by atoms with Crippen LogP contribution in [-0.2, 0) is 9.53 Å². The van der Waals surface area contributed by atoms with Gasteiger partial charge in [-0.15, -0.1) is 12.4 Å². The second-order valence-electron chi connectivity index (χ2n) is 5.78. The van der Waals surface area contributed by atoms with Crippen molar-refractivity contribution in [3.05, 3.63) is 0 Å². The number of hydrogen-bond donors (Lipinski definition) is 1. The van der Waals surface area contributed by atoms with Crippen molar-refractivity contribution >= 4 is 30.1 Å². The Bertz CT molecular complexity index is 324. The van der Waals surface area contributed by atoms with E-state index in [1.165, 1.54) is 18.6 Å². The van der Waals surface area contributed by atoms with Crippen molar-refractivity contribution in [3.63, 3.8) is 0 Å². The Hall–Kier alpha value is 0.0300. The van der Waals surface area contributed by atoms with E-state index in [4.69, 9.17) is 4.74 Å². The molecule has 0 aromatic heterocycles. The number of nitrogens with zero attached hydrogens (tertiary/aromatic N) is 1. The van der Waals surface area contributed by atoms with Crippen molar-refractivity contribution in [1.82, 2.24) is 10.2 Å². The quantitative estimate of drug-likeness (QED) is 0.840. The highest BCUT2D eigenvalue weighted by Crippen LogP contribution is 2.29. The van der Waals surface area contributed by atoms with Crippen LogP contribution in [-0.4, -0.2) is 60.2 Å². The summed E-state index contributed by atoms with van der Waals surface area (Å²) in [5.41, 5.74) is 0. The topological polar surface area (TPSA) is 41.6 Å². The average Bonchev–Trinajstić information content (AvgIpc) is 2.47. The van der Waals surface area contributed by atoms with Gasteiger partial charge in [0.05, 0.1) is 18.8 Å². The molecule has 3 fully saturated rings. The van der Waals surface area contributed by atoms with E-state index in [1.54, 1.807) is 0 Å². The maximum absolute atomic E-state index is 12.5. The van der Waals surface area contributed by atoms with Gasteiger partial charge in [-0.05, 0) is 12.8 Å². The highest BCUT2D eigenvalue weighted by Gasteiger charge is 2.37. The zero-order chi connectivity index (χ0) is 13.1. The maximum atomic E-state index is 12.5. The van der Waals surface area contributed by atoms with Crippen LogP contribution in [0.5, 0.6) is 0 Å². The van der Waals surface area contributed by atoms with E-state index >= 15 is 0 Å². The number of rotatable bonds is 2. The number of halogens is 1. The molecule has 3 atom stereocenters. The first-order chi connectivity index (χ1) is 9.34. The summed E-state index contributed by atoms with van der Waals surface area (Å²) in [7, 11) is 0. The van der Waals surface area contributed by atoms with Gasteiger partial charge in [-0.2, -0.15) is 11.8 Å². The summed E-state index contributed by atoms with van der Waals surface area (Å²) in [5, 5.41) is 3.46. The van der Waals surface area contributed by atoms with Gasteiger partial charge in [0.15, 0.2) is 0 Å². The van der Waals surface area contributed by atoms with Crippen LogP contribution in [0.3, 0.4) is 0 Å². The summed E-state index contributed by atoms with van der Waals surface area (Å²) in [6.45, 7) is 2.55. The largest absolute Gasteiger partial charge is 0.374 e. The molecule has 3 unspecified atom stereocenters. The highest BCUT2D eigenvalue weighted by molar-refractivity contribution is 7.99. The van der Waals surface area contributed by atoms with Gasteiger partial charge in [0.2, 0.25) is 5.91 Å². The Balaban J connectivity index is 0.00000147. The molecule has 1 aliphatic carbocycles. The van der Waals surface area contributed by atoms with Crippen molar-refractivity contribution in [2.45, 2.75) is 50.3 Å². The van der Waals surface area contributed by atoms with Crippen LogP contribution in [0.25, 0.3) is 0 Å². The zero-order valence-electron chi connectivity index (χ0n) is 11.9. The normalized spacial score (nSPS) is 34.0. The molecule has 3 aliphatic rings. The molecule has 2 heterocycles. The molecule has 20 heavy (non-hydrogen) atoms. The molecule has 0 aromatic rings. The van der Waals surface area contributed by atoms with Crippen LogP contribution >= 0.6 is 24.2 Å². The molecule has 1 amide bonds. The van der Waals surface area contributed by atoms with Crippen LogP contribution in [0.1, 0.15) is 32.1 Å². The average molecular weight is 321 g/mol. The third-order valence-electron chi connectivity index (χ3n) is 4.47. The van der Waals surface area contributed by atoms with E-state index in [1.807, 2.05) is 11.8 Å². The Morgan fingerprint density at radius 2 is 2.20 bits per heavy atom. The van der Waals surface area contributed by atoms with Crippen LogP contribution < -0.4 is 5.32 Å². The first-order valence-corrected chi connectivity index (χ1v) is 8.72. The lowest BCUT2D eigenvalue weighted by Gasteiger charge is -2.44. The standard InChI is InChI=1S/C14H24N2O2S.ClH/c17-14(9-11-10-19-8-5-15-11)16-6-7-18-13-4-2-1-3-12(13)16;/h11-13,15H,1-10H2;1H. The Kier molecular flexibility index (Phi) is 6.46. The van der Waals surface area contributed by atoms with Crippen LogP contribution in [0.15, 0.2) is 0 Å². The molecule has 0 spiro atoms. The number of amides is 1. The minimum atomic E-state index is 0. The number of nitrogens with one attached hydrogen (secondary N) is 1. The number of carbonyl (C=O) groups excluding carboxylic acids is 1. The number of carbonyl (C=O) groups is 1. The van der Waals surface area contributed by atoms with Gasteiger partial charge in [-0.25, -0.2) is 0 Å². The third-order valence-corrected chi connectivity index (χ3v) is 5.60. The lowest BCUT2D eigenvalue weighted by Crippen LogP contribution is -2.56. The number of fused-ring (bicyclic) bond motifs is 1. The molecule has 2 aliphatic heterocycles. The minimum absolute atomic E-state index is 0. The first-order valence-electron chi connectivity index (χ1n) is 7.57. The van der Waals surface area contributed by atoms with E-state index in [-0.39, 0.29) is 12.4 Å². The first kappa shape index (κ1) is 16.4. The lowest BCUT2D eigenvalue weighted by molar-refractivity contribution is -0.149. The Labute approximate surface area is 131 Å². The van der Waals surface area contributed by atoms with E-state index in [0.29, 0.717) is 30.5 Å². The zero-order valence-corrected chi connectivity index (χ0v) is 13.5. The molecular weight excluding hydrogens is 296 g/mol. The summed E-state index contributed by atoms with van der Waals surface area (Å²) in [6.07, 6.45) is 5.72. The predicted octanol–water partition coefficient (Wildman–Crippen LogP) is 1.67. The van der Waals surface area contributed by atoms with E-state index in [2.05, 4.69) is 10.2 Å². The summed E-state index contributed by atoms with van der Waals surface area (Å²) in [5.74, 6) is 2.58. The highest BCUT2D eigenvalue weighted by atomic mass is 35.5. The summed E-state index contributed by atoms with van der Waals surface area (Å²) in [6, 6.07) is 0.724. The Morgan fingerprint density at radius 1 is 1.35 bits per heavy atom. The molecule has 6 heteroatoms. The van der Waals surface area contributed by atoms with Gasteiger partial charge in [0.1, 0.15) is 0 Å². The molecular formula is C14H25ClN2O2S. The fourth-order valence-electron chi connectivity index (χ4n) is 3.48. The van der Waals surface area contributed by atoms with Crippen molar-refractivity contribution < 1.29 is 9.53 Å². The summed E-state index contributed by atoms with van der Waals surface area (Å²) in [4.78, 5) is 14.7. The van der Waals surface area contributed by atoms with Gasteiger partial charge in [0, 0.05) is 37.1 Å². The van der Waals surface area contributed by atoms with E-state index in [9.17, 15) is 4.79 Å². The molecule has 2 saturated heterocycles. The third kappa shape index (κ3) is 3.81. The number of hydrogen-bond acceptors (Lipinski definition) is 4. The van der Waals surface area contributed by atoms with Crippen LogP contribution in [0.2, 0.25) is 0 Å². The minimum Gasteiger partial charge on any atom is -0.374 e. The van der Waals surface area contributed by atoms with Crippen LogP contribution in [0, 0.1) is 0 Å². The van der Waals surface area contributed by atoms with Gasteiger partial charge in [0.25, 0.3) is 0 Å². The predicted molar refractivity (Wildman–Crippen MR) is 84.7 cm³/mol. The van der Waals surface area contributed by atoms with Gasteiger partial charge in [-0.1, -0.05) is 12.8 Å². The fourth-order valence-corrected chi connectivity index (χ4v) is 4.43. The van der Waals surface area contributed by atoms with E-state index < -0.39 is 0 Å². The number of thioether (sulfide) groups is 1. The molecule has 0 aromatic carbocycles. The maximum Gasteiger partial charge on any atom is 0.224 e. The molecule has 0 radical (unpaired) electrons. The van der Waals surface area contributed by atoms with Crippen LogP contribution in [0.4, 0.5) is 0 Å². The molecule has 3 rings (SSSR count). The molecule has 0 bridgehead atoms. The van der Waals surface area contributed by atoms with Crippen molar-refractivity contribution in [3.8, 4) is 0 Å². The van der Waals surface area contributed by atoms with Gasteiger partial charge < -0.3 is 15.0 Å². The summed E-state index contributed by atoms with van der Waals surface area (Å²) >= 11 is 1.96. The molecule has 116 valence electrons. The Morgan fingerprint density at radius 3 is 3.00 bits per heavy atom. The number of ether oxygens (including phenoxy) is 1. The van der Waals surface area contributed by atoms with Crippen molar-refractivity contribution in [2.75, 3.05) is 31.2 Å². The molecule has 1 saturated carbocycles. The number of morpholine rings is 1. The molecule has 4 nitrogen and oxygen atoms in total. The van der Waals surface area contributed by atoms with Gasteiger partial charge >= 0.3 is 0 Å². The summed E-state index contributed by atoms with van der Waals surface area (Å²) < 4.78 is 5.84. The van der Waals surface area contributed by atoms with Gasteiger partial charge in [-0.3, -0.25) is 4.79 Å².